The van der Waals surface area contributed by atoms with E-state index in [1.807, 2.05) is 11.6 Å². The molecule has 0 aliphatic rings. The Labute approximate surface area is 166 Å². The van der Waals surface area contributed by atoms with Gasteiger partial charge in [-0.25, -0.2) is 9.37 Å². The van der Waals surface area contributed by atoms with Gasteiger partial charge in [-0.05, 0) is 37.1 Å². The summed E-state index contributed by atoms with van der Waals surface area (Å²) in [5, 5.41) is 2.98. The molecule has 0 spiro atoms. The van der Waals surface area contributed by atoms with E-state index in [1.165, 1.54) is 12.1 Å². The number of hydrogen-bond acceptors (Lipinski definition) is 3. The summed E-state index contributed by atoms with van der Waals surface area (Å²) in [5.41, 5.74) is 6.14. The molecule has 1 atom stereocenters. The SMILES string of the molecule is Cl.Cl.Cn1ccnc1C(NC(=O)CCCCCCN)c1cccc(F)c1. The zero-order valence-corrected chi connectivity index (χ0v) is 16.5. The topological polar surface area (TPSA) is 72.9 Å². The zero-order valence-electron chi connectivity index (χ0n) is 14.9. The van der Waals surface area contributed by atoms with Crippen LogP contribution in [0, 0.1) is 5.82 Å². The molecule has 0 fully saturated rings. The highest BCUT2D eigenvalue weighted by Gasteiger charge is 2.20. The van der Waals surface area contributed by atoms with Crippen molar-refractivity contribution in [2.45, 2.75) is 38.1 Å². The molecule has 0 bridgehead atoms. The summed E-state index contributed by atoms with van der Waals surface area (Å²) in [6.45, 7) is 0.688. The van der Waals surface area contributed by atoms with Gasteiger partial charge in [-0.1, -0.05) is 25.0 Å². The fourth-order valence-corrected chi connectivity index (χ4v) is 2.66. The smallest absolute Gasteiger partial charge is 0.220 e. The zero-order chi connectivity index (χ0) is 17.4. The molecule has 0 saturated carbocycles. The van der Waals surface area contributed by atoms with Crippen LogP contribution in [0.3, 0.4) is 0 Å². The maximum atomic E-state index is 13.6. The minimum absolute atomic E-state index is 0. The van der Waals surface area contributed by atoms with Crippen LogP contribution in [0.2, 0.25) is 0 Å². The molecule has 0 aliphatic carbocycles. The first-order chi connectivity index (χ1) is 11.6. The number of nitrogens with two attached hydrogens (primary N) is 1. The molecule has 0 saturated heterocycles. The number of unbranched alkanes of at least 4 members (excludes halogenated alkanes) is 3. The fraction of sp³-hybridized carbons (Fsp3) is 0.444. The molecular weight excluding hydrogens is 378 g/mol. The third-order valence-corrected chi connectivity index (χ3v) is 3.96. The van der Waals surface area contributed by atoms with Gasteiger partial charge in [-0.2, -0.15) is 0 Å². The maximum Gasteiger partial charge on any atom is 0.220 e. The molecular formula is C18H27Cl2FN4O. The van der Waals surface area contributed by atoms with Gasteiger partial charge in [-0.15, -0.1) is 24.8 Å². The first-order valence-corrected chi connectivity index (χ1v) is 8.34. The van der Waals surface area contributed by atoms with Crippen LogP contribution in [0.25, 0.3) is 0 Å². The number of benzene rings is 1. The molecule has 26 heavy (non-hydrogen) atoms. The number of imidazole rings is 1. The maximum absolute atomic E-state index is 13.6. The van der Waals surface area contributed by atoms with Crippen LogP contribution in [0.5, 0.6) is 0 Å². The highest BCUT2D eigenvalue weighted by molar-refractivity contribution is 5.85. The molecule has 1 heterocycles. The molecule has 2 rings (SSSR count). The number of nitrogens with zero attached hydrogens (tertiary/aromatic N) is 2. The number of halogens is 3. The highest BCUT2D eigenvalue weighted by atomic mass is 35.5. The van der Waals surface area contributed by atoms with Gasteiger partial charge in [0.05, 0.1) is 0 Å². The lowest BCUT2D eigenvalue weighted by molar-refractivity contribution is -0.121. The Morgan fingerprint density at radius 3 is 2.62 bits per heavy atom. The summed E-state index contributed by atoms with van der Waals surface area (Å²) < 4.78 is 15.4. The van der Waals surface area contributed by atoms with Crippen molar-refractivity contribution in [3.8, 4) is 0 Å². The molecule has 2 aromatic rings. The van der Waals surface area contributed by atoms with E-state index in [-0.39, 0.29) is 36.5 Å². The summed E-state index contributed by atoms with van der Waals surface area (Å²) in [5.74, 6) is 0.292. The van der Waals surface area contributed by atoms with Crippen LogP contribution >= 0.6 is 24.8 Å². The second kappa shape index (κ2) is 12.7. The summed E-state index contributed by atoms with van der Waals surface area (Å²) in [6.07, 6.45) is 7.75. The average Bonchev–Trinajstić information content (AvgIpc) is 2.98. The second-order valence-corrected chi connectivity index (χ2v) is 5.90. The quantitative estimate of drug-likeness (QED) is 0.627. The van der Waals surface area contributed by atoms with Crippen LogP contribution in [-0.4, -0.2) is 22.0 Å². The molecule has 1 unspecified atom stereocenters. The predicted molar refractivity (Wildman–Crippen MR) is 106 cm³/mol. The summed E-state index contributed by atoms with van der Waals surface area (Å²) in [4.78, 5) is 16.6. The van der Waals surface area contributed by atoms with E-state index in [4.69, 9.17) is 5.73 Å². The van der Waals surface area contributed by atoms with Crippen molar-refractivity contribution in [2.24, 2.45) is 12.8 Å². The van der Waals surface area contributed by atoms with Gasteiger partial charge in [0.1, 0.15) is 17.7 Å². The first-order valence-electron chi connectivity index (χ1n) is 8.34. The molecule has 1 amide bonds. The van der Waals surface area contributed by atoms with Crippen molar-refractivity contribution < 1.29 is 9.18 Å². The molecule has 5 nitrogen and oxygen atoms in total. The number of nitrogens with one attached hydrogen (secondary N) is 1. The lowest BCUT2D eigenvalue weighted by atomic mass is 10.1. The summed E-state index contributed by atoms with van der Waals surface area (Å²) in [7, 11) is 1.85. The van der Waals surface area contributed by atoms with E-state index >= 15 is 0 Å². The van der Waals surface area contributed by atoms with Gasteiger partial charge in [-0.3, -0.25) is 4.79 Å². The summed E-state index contributed by atoms with van der Waals surface area (Å²) in [6, 6.07) is 5.79. The number of hydrogen-bond donors (Lipinski definition) is 2. The fourth-order valence-electron chi connectivity index (χ4n) is 2.66. The van der Waals surface area contributed by atoms with Crippen LogP contribution in [0.15, 0.2) is 36.7 Å². The molecule has 146 valence electrons. The number of rotatable bonds is 9. The third kappa shape index (κ3) is 7.32. The Kier molecular flexibility index (Phi) is 11.9. The van der Waals surface area contributed by atoms with Gasteiger partial charge in [0.25, 0.3) is 0 Å². The number of carbonyl (C=O) groups excluding carboxylic acids is 1. The Balaban J connectivity index is 0.00000312. The van der Waals surface area contributed by atoms with E-state index in [1.54, 1.807) is 24.5 Å². The van der Waals surface area contributed by atoms with Crippen LogP contribution in [-0.2, 0) is 11.8 Å². The second-order valence-electron chi connectivity index (χ2n) is 5.90. The van der Waals surface area contributed by atoms with Crippen molar-refractivity contribution in [3.05, 3.63) is 53.9 Å². The van der Waals surface area contributed by atoms with Gasteiger partial charge >= 0.3 is 0 Å². The van der Waals surface area contributed by atoms with Gasteiger partial charge in [0.2, 0.25) is 5.91 Å². The van der Waals surface area contributed by atoms with Crippen LogP contribution in [0.4, 0.5) is 4.39 Å². The highest BCUT2D eigenvalue weighted by Crippen LogP contribution is 2.21. The van der Waals surface area contributed by atoms with E-state index in [0.717, 1.165) is 25.7 Å². The average molecular weight is 405 g/mol. The molecule has 3 N–H and O–H groups in total. The first kappa shape index (κ1) is 24.4. The normalized spacial score (nSPS) is 11.2. The van der Waals surface area contributed by atoms with E-state index in [9.17, 15) is 9.18 Å². The minimum atomic E-state index is -0.461. The third-order valence-electron chi connectivity index (χ3n) is 3.96. The Hall–Kier alpha value is -1.63. The Morgan fingerprint density at radius 2 is 2.00 bits per heavy atom. The molecule has 1 aromatic carbocycles. The lowest BCUT2D eigenvalue weighted by Gasteiger charge is -2.19. The van der Waals surface area contributed by atoms with Gasteiger partial charge in [0, 0.05) is 25.9 Å². The number of aryl methyl sites for hydroxylation is 1. The Bertz CT molecular complexity index is 666. The number of amides is 1. The molecule has 1 aromatic heterocycles. The van der Waals surface area contributed by atoms with Crippen LogP contribution in [0.1, 0.15) is 49.5 Å². The largest absolute Gasteiger partial charge is 0.342 e. The van der Waals surface area contributed by atoms with Crippen molar-refractivity contribution >= 4 is 30.7 Å². The van der Waals surface area contributed by atoms with Crippen molar-refractivity contribution in [2.75, 3.05) is 6.54 Å². The van der Waals surface area contributed by atoms with E-state index in [0.29, 0.717) is 24.4 Å². The lowest BCUT2D eigenvalue weighted by Crippen LogP contribution is -2.31. The molecule has 0 aliphatic heterocycles. The van der Waals surface area contributed by atoms with Crippen molar-refractivity contribution in [3.63, 3.8) is 0 Å². The van der Waals surface area contributed by atoms with Crippen LogP contribution < -0.4 is 11.1 Å². The van der Waals surface area contributed by atoms with Crippen molar-refractivity contribution in [1.29, 1.82) is 0 Å². The minimum Gasteiger partial charge on any atom is -0.342 e. The summed E-state index contributed by atoms with van der Waals surface area (Å²) >= 11 is 0. The Morgan fingerprint density at radius 1 is 1.27 bits per heavy atom. The van der Waals surface area contributed by atoms with Crippen molar-refractivity contribution in [1.82, 2.24) is 14.9 Å². The van der Waals surface area contributed by atoms with E-state index < -0.39 is 6.04 Å². The number of carbonyl (C=O) groups is 1. The molecule has 0 radical (unpaired) electrons. The van der Waals surface area contributed by atoms with Gasteiger partial charge in [0.15, 0.2) is 0 Å². The van der Waals surface area contributed by atoms with E-state index in [2.05, 4.69) is 10.3 Å². The molecule has 8 heteroatoms. The standard InChI is InChI=1S/C18H25FN4O.2ClH/c1-23-12-11-21-18(23)17(14-7-6-8-15(19)13-14)22-16(24)9-4-2-3-5-10-20;;/h6-8,11-13,17H,2-5,9-10,20H2,1H3,(H,22,24);2*1H. The van der Waals surface area contributed by atoms with Gasteiger partial charge < -0.3 is 15.6 Å². The monoisotopic (exact) mass is 404 g/mol. The predicted octanol–water partition coefficient (Wildman–Crippen LogP) is 3.52. The number of aromatic nitrogens is 2.